The third-order valence-electron chi connectivity index (χ3n) is 5.57. The number of aromatic amines is 1. The van der Waals surface area contributed by atoms with Crippen LogP contribution in [0.15, 0.2) is 59.4 Å². The summed E-state index contributed by atoms with van der Waals surface area (Å²) < 4.78 is 1.79. The van der Waals surface area contributed by atoms with E-state index in [1.54, 1.807) is 28.8 Å². The molecule has 0 spiro atoms. The lowest BCUT2D eigenvalue weighted by atomic mass is 10.1. The van der Waals surface area contributed by atoms with Crippen LogP contribution in [-0.4, -0.2) is 19.5 Å². The summed E-state index contributed by atoms with van der Waals surface area (Å²) in [7, 11) is 1.82. The summed E-state index contributed by atoms with van der Waals surface area (Å²) in [4.78, 5) is 25.5. The molecule has 0 bridgehead atoms. The second-order valence-electron chi connectivity index (χ2n) is 7.96. The topological polar surface area (TPSA) is 102 Å². The maximum atomic E-state index is 13.2. The zero-order valence-corrected chi connectivity index (χ0v) is 19.9. The van der Waals surface area contributed by atoms with Crippen LogP contribution in [0, 0.1) is 0 Å². The van der Waals surface area contributed by atoms with E-state index in [2.05, 4.69) is 15.3 Å². The van der Waals surface area contributed by atoms with Gasteiger partial charge in [-0.15, -0.1) is 0 Å². The largest absolute Gasteiger partial charge is 0.399 e. The molecule has 5 rings (SSSR count). The summed E-state index contributed by atoms with van der Waals surface area (Å²) in [6.45, 7) is 1.89. The van der Waals surface area contributed by atoms with Crippen LogP contribution in [0.3, 0.4) is 0 Å². The van der Waals surface area contributed by atoms with E-state index in [9.17, 15) is 4.79 Å². The number of anilines is 3. The summed E-state index contributed by atoms with van der Waals surface area (Å²) in [6.07, 6.45) is 1.93. The van der Waals surface area contributed by atoms with E-state index >= 15 is 0 Å². The lowest BCUT2D eigenvalue weighted by Crippen LogP contribution is -2.12. The zero-order chi connectivity index (χ0) is 24.0. The highest BCUT2D eigenvalue weighted by Gasteiger charge is 2.17. The molecule has 5 aromatic rings. The second kappa shape index (κ2) is 8.52. The van der Waals surface area contributed by atoms with Gasteiger partial charge in [-0.05, 0) is 60.5 Å². The number of nitrogens with one attached hydrogen (secondary N) is 2. The van der Waals surface area contributed by atoms with Gasteiger partial charge in [0.15, 0.2) is 0 Å². The number of halogens is 2. The Kier molecular flexibility index (Phi) is 5.51. The molecule has 2 heterocycles. The van der Waals surface area contributed by atoms with Crippen LogP contribution in [0.2, 0.25) is 10.0 Å². The van der Waals surface area contributed by atoms with Gasteiger partial charge in [-0.25, -0.2) is 9.97 Å². The maximum Gasteiger partial charge on any atom is 0.261 e. The average molecular weight is 491 g/mol. The molecule has 3 aromatic carbocycles. The summed E-state index contributed by atoms with van der Waals surface area (Å²) in [5.74, 6) is 0.987. The maximum absolute atomic E-state index is 13.2. The first-order valence-corrected chi connectivity index (χ1v) is 11.2. The van der Waals surface area contributed by atoms with Crippen LogP contribution >= 0.6 is 23.2 Å². The first-order valence-electron chi connectivity index (χ1n) is 10.5. The fourth-order valence-electron chi connectivity index (χ4n) is 3.92. The van der Waals surface area contributed by atoms with Crippen LogP contribution in [0.5, 0.6) is 0 Å². The van der Waals surface area contributed by atoms with Gasteiger partial charge in [0.05, 0.1) is 37.7 Å². The van der Waals surface area contributed by atoms with E-state index in [0.29, 0.717) is 55.1 Å². The summed E-state index contributed by atoms with van der Waals surface area (Å²) in [5, 5.41) is 4.57. The van der Waals surface area contributed by atoms with Gasteiger partial charge >= 0.3 is 0 Å². The monoisotopic (exact) mass is 490 g/mol. The van der Waals surface area contributed by atoms with E-state index in [4.69, 9.17) is 33.9 Å². The number of nitrogen functional groups attached to an aromatic ring is 1. The van der Waals surface area contributed by atoms with Gasteiger partial charge in [0.1, 0.15) is 5.82 Å². The lowest BCUT2D eigenvalue weighted by molar-refractivity contribution is 0.960. The van der Waals surface area contributed by atoms with Crippen LogP contribution in [0.1, 0.15) is 18.3 Å². The number of nitrogens with two attached hydrogens (primary N) is 1. The number of allylic oxidation sites excluding steroid dienone is 1. The van der Waals surface area contributed by atoms with Crippen molar-refractivity contribution in [3.63, 3.8) is 0 Å². The van der Waals surface area contributed by atoms with Gasteiger partial charge in [0.25, 0.3) is 5.56 Å². The number of benzene rings is 3. The third-order valence-corrected chi connectivity index (χ3v) is 6.20. The van der Waals surface area contributed by atoms with Crippen LogP contribution in [-0.2, 0) is 7.05 Å². The van der Waals surface area contributed by atoms with Crippen molar-refractivity contribution in [2.45, 2.75) is 6.92 Å². The molecule has 0 aliphatic heterocycles. The molecule has 0 saturated heterocycles. The van der Waals surface area contributed by atoms with Crippen molar-refractivity contribution >= 4 is 74.1 Å². The Morgan fingerprint density at radius 1 is 1.06 bits per heavy atom. The molecule has 4 N–H and O–H groups in total. The van der Waals surface area contributed by atoms with Crippen molar-refractivity contribution in [1.82, 2.24) is 19.5 Å². The fourth-order valence-corrected chi connectivity index (χ4v) is 4.42. The summed E-state index contributed by atoms with van der Waals surface area (Å²) in [5.41, 5.74) is 10.4. The van der Waals surface area contributed by atoms with Crippen molar-refractivity contribution in [1.29, 1.82) is 0 Å². The quantitative estimate of drug-likeness (QED) is 0.268. The van der Waals surface area contributed by atoms with Crippen LogP contribution in [0.4, 0.5) is 17.3 Å². The van der Waals surface area contributed by atoms with Crippen molar-refractivity contribution in [2.75, 3.05) is 11.1 Å². The molecule has 0 amide bonds. The molecule has 7 nitrogen and oxygen atoms in total. The van der Waals surface area contributed by atoms with Gasteiger partial charge in [-0.1, -0.05) is 41.4 Å². The highest BCUT2D eigenvalue weighted by atomic mass is 35.5. The number of aryl methyl sites for hydroxylation is 1. The molecular formula is C25H20Cl2N6O. The van der Waals surface area contributed by atoms with Gasteiger partial charge in [0.2, 0.25) is 5.95 Å². The number of hydrogen-bond donors (Lipinski definition) is 3. The highest BCUT2D eigenvalue weighted by molar-refractivity contribution is 6.39. The minimum atomic E-state index is -0.253. The first kappa shape index (κ1) is 22.0. The normalized spacial score (nSPS) is 11.9. The van der Waals surface area contributed by atoms with Crippen molar-refractivity contribution < 1.29 is 0 Å². The summed E-state index contributed by atoms with van der Waals surface area (Å²) in [6, 6.07) is 16.4. The number of H-pyrrole nitrogens is 1. The number of hydrogen-bond acceptors (Lipinski definition) is 5. The number of rotatable bonds is 4. The Hall–Kier alpha value is -3.81. The first-order chi connectivity index (χ1) is 16.3. The minimum absolute atomic E-state index is 0.253. The molecule has 0 atom stereocenters. The molecule has 0 fully saturated rings. The van der Waals surface area contributed by atoms with Gasteiger partial charge in [-0.3, -0.25) is 4.79 Å². The second-order valence-corrected chi connectivity index (χ2v) is 8.77. The number of fused-ring (bicyclic) bond motifs is 3. The standard InChI is InChI=1S/C25H20Cl2N6O/c1-13(11-14-5-3-6-15(28)12-14)23-29-18-9-10-19-22(20(18)24(34)32-23)33(2)25(30-19)31-21-16(26)7-4-8-17(21)27/h3-12H,28H2,1-2H3,(H,30,31)(H,29,32,34)/b13-11+. The highest BCUT2D eigenvalue weighted by Crippen LogP contribution is 2.34. The molecule has 0 saturated carbocycles. The molecule has 0 unspecified atom stereocenters. The zero-order valence-electron chi connectivity index (χ0n) is 18.4. The van der Waals surface area contributed by atoms with Crippen molar-refractivity contribution in [3.8, 4) is 0 Å². The molecule has 0 aliphatic rings. The predicted molar refractivity (Wildman–Crippen MR) is 141 cm³/mol. The smallest absolute Gasteiger partial charge is 0.261 e. The number of imidazole rings is 1. The third kappa shape index (κ3) is 3.89. The predicted octanol–water partition coefficient (Wildman–Crippen LogP) is 6.00. The number of nitrogens with zero attached hydrogens (tertiary/aromatic N) is 3. The lowest BCUT2D eigenvalue weighted by Gasteiger charge is -2.10. The minimum Gasteiger partial charge on any atom is -0.399 e. The Bertz CT molecular complexity index is 1650. The molecule has 170 valence electrons. The van der Waals surface area contributed by atoms with E-state index < -0.39 is 0 Å². The Morgan fingerprint density at radius 3 is 2.50 bits per heavy atom. The Balaban J connectivity index is 1.62. The molecule has 9 heteroatoms. The van der Waals surface area contributed by atoms with E-state index in [0.717, 1.165) is 11.1 Å². The SMILES string of the molecule is C/C(=C\c1cccc(N)c1)c1nc2ccc3nc(Nc4c(Cl)cccc4Cl)n(C)c3c2c(=O)[nH]1. The molecule has 0 aliphatic carbocycles. The van der Waals surface area contributed by atoms with Crippen LogP contribution < -0.4 is 16.6 Å². The van der Waals surface area contributed by atoms with Gasteiger partial charge in [-0.2, -0.15) is 0 Å². The van der Waals surface area contributed by atoms with Crippen LogP contribution in [0.25, 0.3) is 33.6 Å². The summed E-state index contributed by atoms with van der Waals surface area (Å²) >= 11 is 12.6. The van der Waals surface area contributed by atoms with Gasteiger partial charge in [0, 0.05) is 12.7 Å². The van der Waals surface area contributed by atoms with E-state index in [1.807, 2.05) is 50.4 Å². The molecule has 2 aromatic heterocycles. The average Bonchev–Trinajstić information content (AvgIpc) is 3.11. The Labute approximate surface area is 204 Å². The number of para-hydroxylation sites is 1. The number of aromatic nitrogens is 4. The molecular weight excluding hydrogens is 471 g/mol. The van der Waals surface area contributed by atoms with E-state index in [1.165, 1.54) is 0 Å². The molecule has 0 radical (unpaired) electrons. The van der Waals surface area contributed by atoms with Crippen molar-refractivity contribution in [2.24, 2.45) is 7.05 Å². The van der Waals surface area contributed by atoms with Gasteiger partial charge < -0.3 is 20.6 Å². The van der Waals surface area contributed by atoms with Crippen molar-refractivity contribution in [3.05, 3.63) is 86.4 Å². The van der Waals surface area contributed by atoms with E-state index in [-0.39, 0.29) is 5.56 Å². The fraction of sp³-hybridized carbons (Fsp3) is 0.0800. The molecule has 34 heavy (non-hydrogen) atoms. The Morgan fingerprint density at radius 2 is 1.76 bits per heavy atom.